The summed E-state index contributed by atoms with van der Waals surface area (Å²) in [4.78, 5) is 11.1. The molecule has 0 aromatic heterocycles. The zero-order chi connectivity index (χ0) is 10.4. The van der Waals surface area contributed by atoms with E-state index in [1.165, 1.54) is 0 Å². The van der Waals surface area contributed by atoms with Crippen LogP contribution < -0.4 is 0 Å². The summed E-state index contributed by atoms with van der Waals surface area (Å²) in [7, 11) is 0. The van der Waals surface area contributed by atoms with Gasteiger partial charge in [0.2, 0.25) is 0 Å². The van der Waals surface area contributed by atoms with Gasteiger partial charge in [0, 0.05) is 0 Å². The molecular weight excluding hydrogens is 168 g/mol. The van der Waals surface area contributed by atoms with E-state index in [1.807, 2.05) is 34.6 Å². The molecule has 0 radical (unpaired) electrons. The monoisotopic (exact) mass is 188 g/mol. The third kappa shape index (κ3) is 7.78. The Morgan fingerprint density at radius 2 is 1.62 bits per heavy atom. The Labute approximate surface area is 80.4 Å². The molecule has 0 saturated carbocycles. The van der Waals surface area contributed by atoms with Crippen molar-refractivity contribution in [1.29, 1.82) is 0 Å². The maximum absolute atomic E-state index is 11.1. The van der Waals surface area contributed by atoms with Crippen LogP contribution in [0.15, 0.2) is 0 Å². The van der Waals surface area contributed by atoms with Crippen LogP contribution in [0, 0.1) is 0 Å². The largest absolute Gasteiger partial charge is 0.463 e. The van der Waals surface area contributed by atoms with Gasteiger partial charge in [0.15, 0.2) is 0 Å². The first kappa shape index (κ1) is 12.4. The molecular formula is C10H20O3. The Hall–Kier alpha value is -0.570. The maximum atomic E-state index is 11.1. The summed E-state index contributed by atoms with van der Waals surface area (Å²) in [5.41, 5.74) is 0. The fourth-order valence-corrected chi connectivity index (χ4v) is 1.06. The van der Waals surface area contributed by atoms with E-state index in [0.717, 1.165) is 0 Å². The van der Waals surface area contributed by atoms with Gasteiger partial charge in [-0.25, -0.2) is 0 Å². The second-order valence-electron chi connectivity index (χ2n) is 3.74. The minimum absolute atomic E-state index is 0.0428. The second kappa shape index (κ2) is 5.97. The van der Waals surface area contributed by atoms with Gasteiger partial charge in [-0.05, 0) is 34.6 Å². The zero-order valence-corrected chi connectivity index (χ0v) is 9.16. The van der Waals surface area contributed by atoms with Crippen LogP contribution in [-0.4, -0.2) is 24.3 Å². The van der Waals surface area contributed by atoms with Gasteiger partial charge < -0.3 is 9.47 Å². The lowest BCUT2D eigenvalue weighted by molar-refractivity contribution is -0.150. The van der Waals surface area contributed by atoms with Crippen LogP contribution in [0.1, 0.15) is 41.0 Å². The Kier molecular flexibility index (Phi) is 5.71. The molecule has 0 rings (SSSR count). The average molecular weight is 188 g/mol. The molecule has 0 saturated heterocycles. The highest BCUT2D eigenvalue weighted by Crippen LogP contribution is 2.04. The molecule has 3 nitrogen and oxygen atoms in total. The fraction of sp³-hybridized carbons (Fsp3) is 0.900. The first-order valence-electron chi connectivity index (χ1n) is 4.76. The van der Waals surface area contributed by atoms with Gasteiger partial charge in [-0.2, -0.15) is 0 Å². The van der Waals surface area contributed by atoms with E-state index in [9.17, 15) is 4.79 Å². The molecule has 13 heavy (non-hydrogen) atoms. The van der Waals surface area contributed by atoms with E-state index in [4.69, 9.17) is 9.47 Å². The third-order valence-corrected chi connectivity index (χ3v) is 1.33. The summed E-state index contributed by atoms with van der Waals surface area (Å²) in [6.07, 6.45) is 0.378. The topological polar surface area (TPSA) is 35.5 Å². The van der Waals surface area contributed by atoms with Crippen molar-refractivity contribution in [3.05, 3.63) is 0 Å². The van der Waals surface area contributed by atoms with Gasteiger partial charge in [-0.1, -0.05) is 0 Å². The zero-order valence-electron chi connectivity index (χ0n) is 9.16. The lowest BCUT2D eigenvalue weighted by Gasteiger charge is -2.16. The summed E-state index contributed by atoms with van der Waals surface area (Å²) in [5.74, 6) is -0.192. The smallest absolute Gasteiger partial charge is 0.308 e. The first-order chi connectivity index (χ1) is 5.91. The highest BCUT2D eigenvalue weighted by atomic mass is 16.5. The summed E-state index contributed by atoms with van der Waals surface area (Å²) in [6.45, 7) is 9.45. The van der Waals surface area contributed by atoms with Gasteiger partial charge in [0.05, 0.1) is 24.7 Å². The molecule has 3 heteroatoms. The van der Waals surface area contributed by atoms with Crippen molar-refractivity contribution < 1.29 is 14.3 Å². The second-order valence-corrected chi connectivity index (χ2v) is 3.74. The number of esters is 1. The molecule has 0 unspecified atom stereocenters. The quantitative estimate of drug-likeness (QED) is 0.620. The molecule has 0 spiro atoms. The lowest BCUT2D eigenvalue weighted by Crippen LogP contribution is -2.21. The Bertz CT molecular complexity index is 152. The van der Waals surface area contributed by atoms with E-state index in [1.54, 1.807) is 0 Å². The van der Waals surface area contributed by atoms with Crippen LogP contribution in [0.5, 0.6) is 0 Å². The van der Waals surface area contributed by atoms with Crippen LogP contribution in [0.3, 0.4) is 0 Å². The van der Waals surface area contributed by atoms with E-state index in [2.05, 4.69) is 0 Å². The SMILES string of the molecule is CC(C)OC(=O)C[C@@H](C)OC(C)C. The summed E-state index contributed by atoms with van der Waals surface area (Å²) < 4.78 is 10.4. The summed E-state index contributed by atoms with van der Waals surface area (Å²) >= 11 is 0. The van der Waals surface area contributed by atoms with E-state index < -0.39 is 0 Å². The van der Waals surface area contributed by atoms with E-state index in [0.29, 0.717) is 6.42 Å². The molecule has 0 fully saturated rings. The Balaban J connectivity index is 3.65. The van der Waals surface area contributed by atoms with Gasteiger partial charge in [0.25, 0.3) is 0 Å². The van der Waals surface area contributed by atoms with Crippen molar-refractivity contribution in [2.75, 3.05) is 0 Å². The van der Waals surface area contributed by atoms with Crippen molar-refractivity contribution in [2.45, 2.75) is 59.4 Å². The maximum Gasteiger partial charge on any atom is 0.308 e. The molecule has 0 aromatic carbocycles. The molecule has 0 bridgehead atoms. The predicted octanol–water partition coefficient (Wildman–Crippen LogP) is 2.14. The van der Waals surface area contributed by atoms with Crippen molar-refractivity contribution in [3.63, 3.8) is 0 Å². The number of rotatable bonds is 5. The molecule has 0 heterocycles. The molecule has 0 aliphatic rings. The minimum Gasteiger partial charge on any atom is -0.463 e. The van der Waals surface area contributed by atoms with Gasteiger partial charge in [-0.15, -0.1) is 0 Å². The molecule has 1 atom stereocenters. The Morgan fingerprint density at radius 3 is 2.00 bits per heavy atom. The van der Waals surface area contributed by atoms with Crippen LogP contribution >= 0.6 is 0 Å². The highest BCUT2D eigenvalue weighted by molar-refractivity contribution is 5.70. The number of hydrogen-bond acceptors (Lipinski definition) is 3. The lowest BCUT2D eigenvalue weighted by atomic mass is 10.3. The van der Waals surface area contributed by atoms with Crippen LogP contribution in [0.25, 0.3) is 0 Å². The molecule has 0 aliphatic carbocycles. The molecule has 0 aromatic rings. The molecule has 0 N–H and O–H groups in total. The van der Waals surface area contributed by atoms with Crippen molar-refractivity contribution >= 4 is 5.97 Å². The van der Waals surface area contributed by atoms with Gasteiger partial charge in [-0.3, -0.25) is 4.79 Å². The normalized spacial score (nSPS) is 13.5. The van der Waals surface area contributed by atoms with E-state index >= 15 is 0 Å². The summed E-state index contributed by atoms with van der Waals surface area (Å²) in [5, 5.41) is 0. The number of carbonyl (C=O) groups excluding carboxylic acids is 1. The van der Waals surface area contributed by atoms with E-state index in [-0.39, 0.29) is 24.3 Å². The molecule has 0 amide bonds. The number of hydrogen-bond donors (Lipinski definition) is 0. The average Bonchev–Trinajstić information content (AvgIpc) is 1.80. The molecule has 0 aliphatic heterocycles. The number of carbonyl (C=O) groups is 1. The van der Waals surface area contributed by atoms with Crippen LogP contribution in [0.4, 0.5) is 0 Å². The molecule has 78 valence electrons. The van der Waals surface area contributed by atoms with Gasteiger partial charge in [0.1, 0.15) is 0 Å². The third-order valence-electron chi connectivity index (χ3n) is 1.33. The first-order valence-corrected chi connectivity index (χ1v) is 4.76. The van der Waals surface area contributed by atoms with Gasteiger partial charge >= 0.3 is 5.97 Å². The van der Waals surface area contributed by atoms with Crippen molar-refractivity contribution in [1.82, 2.24) is 0 Å². The summed E-state index contributed by atoms with van der Waals surface area (Å²) in [6, 6.07) is 0. The number of ether oxygens (including phenoxy) is 2. The fourth-order valence-electron chi connectivity index (χ4n) is 1.06. The van der Waals surface area contributed by atoms with Crippen LogP contribution in [-0.2, 0) is 14.3 Å². The standard InChI is InChI=1S/C10H20O3/c1-7(2)12-9(5)6-10(11)13-8(3)4/h7-9H,6H2,1-5H3/t9-/m1/s1. The Morgan fingerprint density at radius 1 is 1.08 bits per heavy atom. The highest BCUT2D eigenvalue weighted by Gasteiger charge is 2.12. The van der Waals surface area contributed by atoms with Crippen LogP contribution in [0.2, 0.25) is 0 Å². The van der Waals surface area contributed by atoms with Crippen molar-refractivity contribution in [3.8, 4) is 0 Å². The van der Waals surface area contributed by atoms with Crippen molar-refractivity contribution in [2.24, 2.45) is 0 Å². The minimum atomic E-state index is -0.192. The predicted molar refractivity (Wildman–Crippen MR) is 51.5 cm³/mol.